The number of hydrogen-bond donors (Lipinski definition) is 0. The molecule has 3 rings (SSSR count). The molecule has 0 saturated carbocycles. The van der Waals surface area contributed by atoms with E-state index in [9.17, 15) is 9.18 Å². The summed E-state index contributed by atoms with van der Waals surface area (Å²) >= 11 is 0. The highest BCUT2D eigenvalue weighted by Crippen LogP contribution is 2.21. The molecule has 1 atom stereocenters. The van der Waals surface area contributed by atoms with E-state index in [-0.39, 0.29) is 17.8 Å². The molecule has 1 fully saturated rings. The van der Waals surface area contributed by atoms with Crippen molar-refractivity contribution in [3.8, 4) is 0 Å². The molecule has 7 heteroatoms. The summed E-state index contributed by atoms with van der Waals surface area (Å²) in [6.07, 6.45) is 2.44. The van der Waals surface area contributed by atoms with Crippen molar-refractivity contribution in [2.45, 2.75) is 32.4 Å². The Morgan fingerprint density at radius 1 is 1.38 bits per heavy atom. The molecule has 0 spiro atoms. The molecule has 0 radical (unpaired) electrons. The van der Waals surface area contributed by atoms with Crippen molar-refractivity contribution in [2.24, 2.45) is 0 Å². The number of hydrogen-bond acceptors (Lipinski definition) is 4. The van der Waals surface area contributed by atoms with Gasteiger partial charge in [0.15, 0.2) is 5.82 Å². The summed E-state index contributed by atoms with van der Waals surface area (Å²) in [5, 5.41) is 8.04. The number of amides is 1. The van der Waals surface area contributed by atoms with Gasteiger partial charge in [-0.2, -0.15) is 0 Å². The summed E-state index contributed by atoms with van der Waals surface area (Å²) in [6.45, 7) is 4.34. The van der Waals surface area contributed by atoms with Gasteiger partial charge in [-0.1, -0.05) is 12.1 Å². The van der Waals surface area contributed by atoms with Crippen LogP contribution in [0.25, 0.3) is 0 Å². The first-order valence-corrected chi connectivity index (χ1v) is 8.19. The Morgan fingerprint density at radius 2 is 2.17 bits per heavy atom. The minimum absolute atomic E-state index is 0.0789. The molecule has 0 unspecified atom stereocenters. The highest BCUT2D eigenvalue weighted by atomic mass is 19.1. The SMILES string of the molecule is CCn1cnnc1[C@@H]1CN(C(=O)CCc2ccc(F)cc2)CCO1. The lowest BCUT2D eigenvalue weighted by atomic mass is 10.1. The molecule has 0 N–H and O–H groups in total. The molecule has 1 aromatic carbocycles. The third-order valence-electron chi connectivity index (χ3n) is 4.23. The number of aryl methyl sites for hydroxylation is 2. The van der Waals surface area contributed by atoms with E-state index in [2.05, 4.69) is 10.2 Å². The Balaban J connectivity index is 1.58. The van der Waals surface area contributed by atoms with E-state index in [0.717, 1.165) is 17.9 Å². The van der Waals surface area contributed by atoms with Gasteiger partial charge in [0, 0.05) is 19.5 Å². The maximum Gasteiger partial charge on any atom is 0.223 e. The van der Waals surface area contributed by atoms with Crippen LogP contribution in [-0.4, -0.2) is 45.3 Å². The summed E-state index contributed by atoms with van der Waals surface area (Å²) in [5.41, 5.74) is 0.959. The number of carbonyl (C=O) groups is 1. The van der Waals surface area contributed by atoms with Crippen LogP contribution in [0.5, 0.6) is 0 Å². The van der Waals surface area contributed by atoms with Crippen LogP contribution < -0.4 is 0 Å². The minimum atomic E-state index is -0.263. The highest BCUT2D eigenvalue weighted by molar-refractivity contribution is 5.76. The predicted octanol–water partition coefficient (Wildman–Crippen LogP) is 1.97. The van der Waals surface area contributed by atoms with Gasteiger partial charge in [-0.05, 0) is 31.0 Å². The van der Waals surface area contributed by atoms with E-state index in [1.165, 1.54) is 12.1 Å². The average molecular weight is 332 g/mol. The number of benzene rings is 1. The van der Waals surface area contributed by atoms with E-state index < -0.39 is 0 Å². The summed E-state index contributed by atoms with van der Waals surface area (Å²) < 4.78 is 20.6. The standard InChI is InChI=1S/C17H21FN4O2/c1-2-21-12-19-20-17(21)15-11-22(9-10-24-15)16(23)8-5-13-3-6-14(18)7-4-13/h3-4,6-7,12,15H,2,5,8-11H2,1H3/t15-/m0/s1. The number of nitrogens with zero attached hydrogens (tertiary/aromatic N) is 4. The quantitative estimate of drug-likeness (QED) is 0.840. The maximum absolute atomic E-state index is 12.9. The van der Waals surface area contributed by atoms with Gasteiger partial charge in [-0.3, -0.25) is 4.79 Å². The van der Waals surface area contributed by atoms with E-state index in [1.54, 1.807) is 18.5 Å². The molecule has 128 valence electrons. The van der Waals surface area contributed by atoms with E-state index in [1.807, 2.05) is 16.4 Å². The van der Waals surface area contributed by atoms with Crippen molar-refractivity contribution in [1.29, 1.82) is 0 Å². The summed E-state index contributed by atoms with van der Waals surface area (Å²) in [7, 11) is 0. The second-order valence-corrected chi connectivity index (χ2v) is 5.80. The molecule has 1 aliphatic heterocycles. The number of ether oxygens (including phenoxy) is 1. The third-order valence-corrected chi connectivity index (χ3v) is 4.23. The van der Waals surface area contributed by atoms with E-state index >= 15 is 0 Å². The number of rotatable bonds is 5. The van der Waals surface area contributed by atoms with Crippen molar-refractivity contribution >= 4 is 5.91 Å². The molecule has 1 amide bonds. The molecular weight excluding hydrogens is 311 g/mol. The second kappa shape index (κ2) is 7.53. The number of halogens is 1. The third kappa shape index (κ3) is 3.79. The molecular formula is C17H21FN4O2. The van der Waals surface area contributed by atoms with Crippen molar-refractivity contribution < 1.29 is 13.9 Å². The average Bonchev–Trinajstić information content (AvgIpc) is 3.10. The number of carbonyl (C=O) groups excluding carboxylic acids is 1. The van der Waals surface area contributed by atoms with Gasteiger partial charge in [-0.15, -0.1) is 10.2 Å². The molecule has 1 saturated heterocycles. The Kier molecular flexibility index (Phi) is 5.20. The first-order valence-electron chi connectivity index (χ1n) is 8.19. The largest absolute Gasteiger partial charge is 0.366 e. The molecule has 6 nitrogen and oxygen atoms in total. The Labute approximate surface area is 140 Å². The summed E-state index contributed by atoms with van der Waals surface area (Å²) in [5.74, 6) is 0.574. The van der Waals surface area contributed by atoms with Gasteiger partial charge >= 0.3 is 0 Å². The van der Waals surface area contributed by atoms with Gasteiger partial charge in [0.2, 0.25) is 5.91 Å². The lowest BCUT2D eigenvalue weighted by Crippen LogP contribution is -2.43. The molecule has 24 heavy (non-hydrogen) atoms. The number of aromatic nitrogens is 3. The lowest BCUT2D eigenvalue weighted by Gasteiger charge is -2.32. The fourth-order valence-corrected chi connectivity index (χ4v) is 2.85. The fraction of sp³-hybridized carbons (Fsp3) is 0.471. The van der Waals surface area contributed by atoms with Crippen LogP contribution in [-0.2, 0) is 22.5 Å². The molecule has 1 aromatic heterocycles. The zero-order valence-corrected chi connectivity index (χ0v) is 13.7. The summed E-state index contributed by atoms with van der Waals surface area (Å²) in [4.78, 5) is 14.3. The predicted molar refractivity (Wildman–Crippen MR) is 85.7 cm³/mol. The van der Waals surface area contributed by atoms with Crippen molar-refractivity contribution in [3.05, 3.63) is 47.8 Å². The van der Waals surface area contributed by atoms with Gasteiger partial charge in [0.25, 0.3) is 0 Å². The molecule has 1 aliphatic rings. The topological polar surface area (TPSA) is 60.2 Å². The van der Waals surface area contributed by atoms with Crippen LogP contribution >= 0.6 is 0 Å². The highest BCUT2D eigenvalue weighted by Gasteiger charge is 2.28. The van der Waals surface area contributed by atoms with Crippen LogP contribution in [0.4, 0.5) is 4.39 Å². The van der Waals surface area contributed by atoms with E-state index in [4.69, 9.17) is 4.74 Å². The Morgan fingerprint density at radius 3 is 2.92 bits per heavy atom. The van der Waals surface area contributed by atoms with Crippen LogP contribution in [0.2, 0.25) is 0 Å². The number of morpholine rings is 1. The van der Waals surface area contributed by atoms with Gasteiger partial charge in [-0.25, -0.2) is 4.39 Å². The summed E-state index contributed by atoms with van der Waals surface area (Å²) in [6, 6.07) is 6.27. The molecule has 2 heterocycles. The zero-order chi connectivity index (χ0) is 16.9. The normalized spacial score (nSPS) is 17.9. The Bertz CT molecular complexity index is 686. The van der Waals surface area contributed by atoms with Crippen LogP contribution in [0.3, 0.4) is 0 Å². The van der Waals surface area contributed by atoms with Crippen molar-refractivity contribution in [2.75, 3.05) is 19.7 Å². The second-order valence-electron chi connectivity index (χ2n) is 5.80. The first-order chi connectivity index (χ1) is 11.7. The van der Waals surface area contributed by atoms with Crippen LogP contribution in [0.1, 0.15) is 30.8 Å². The smallest absolute Gasteiger partial charge is 0.223 e. The molecule has 2 aromatic rings. The minimum Gasteiger partial charge on any atom is -0.366 e. The zero-order valence-electron chi connectivity index (χ0n) is 13.7. The Hall–Kier alpha value is -2.28. The molecule has 0 aliphatic carbocycles. The fourth-order valence-electron chi connectivity index (χ4n) is 2.85. The lowest BCUT2D eigenvalue weighted by molar-refractivity contribution is -0.139. The van der Waals surface area contributed by atoms with Gasteiger partial charge in [0.1, 0.15) is 18.2 Å². The van der Waals surface area contributed by atoms with Crippen LogP contribution in [0, 0.1) is 5.82 Å². The van der Waals surface area contributed by atoms with E-state index in [0.29, 0.717) is 32.5 Å². The maximum atomic E-state index is 12.9. The van der Waals surface area contributed by atoms with Crippen molar-refractivity contribution in [3.63, 3.8) is 0 Å². The van der Waals surface area contributed by atoms with Gasteiger partial charge in [0.05, 0.1) is 13.2 Å². The van der Waals surface area contributed by atoms with Crippen molar-refractivity contribution in [1.82, 2.24) is 19.7 Å². The molecule has 0 bridgehead atoms. The van der Waals surface area contributed by atoms with Gasteiger partial charge < -0.3 is 14.2 Å². The monoisotopic (exact) mass is 332 g/mol. The van der Waals surface area contributed by atoms with Crippen LogP contribution in [0.15, 0.2) is 30.6 Å². The first kappa shape index (κ1) is 16.6.